The number of hydrogen-bond donors (Lipinski definition) is 4. The van der Waals surface area contributed by atoms with Crippen LogP contribution in [0, 0.1) is 0 Å². The number of H-pyrrole nitrogens is 2. The summed E-state index contributed by atoms with van der Waals surface area (Å²) in [5.41, 5.74) is 7.15. The average molecular weight is 309 g/mol. The lowest BCUT2D eigenvalue weighted by Gasteiger charge is -2.10. The van der Waals surface area contributed by atoms with Crippen molar-refractivity contribution in [1.29, 1.82) is 0 Å². The lowest BCUT2D eigenvalue weighted by Crippen LogP contribution is -2.25. The Labute approximate surface area is 128 Å². The molecule has 1 heterocycles. The van der Waals surface area contributed by atoms with E-state index in [1.165, 1.54) is 6.20 Å². The number of amides is 1. The highest BCUT2D eigenvalue weighted by atomic mass is 16.5. The van der Waals surface area contributed by atoms with Crippen LogP contribution >= 0.6 is 0 Å². The van der Waals surface area contributed by atoms with Crippen LogP contribution in [0.2, 0.25) is 0 Å². The van der Waals surface area contributed by atoms with Crippen LogP contribution in [0.15, 0.2) is 24.4 Å². The van der Waals surface area contributed by atoms with Gasteiger partial charge in [0.25, 0.3) is 5.91 Å². The van der Waals surface area contributed by atoms with Crippen molar-refractivity contribution in [2.24, 2.45) is 0 Å². The standard InChI is InChI=1S/C13H16N4O3.CH4O/c1-19-9-4-3-8(11(5-9)20-2)6-15-13(18)12-10(14)7-16-17-12;1-2/h3-5,7H,6,14H2,1-2H3,(H,15,18)(H,16,17);2H,1H3/p+1. The number of benzene rings is 1. The van der Waals surface area contributed by atoms with Crippen molar-refractivity contribution in [2.45, 2.75) is 6.54 Å². The second-order valence-corrected chi connectivity index (χ2v) is 4.10. The zero-order valence-electron chi connectivity index (χ0n) is 12.8. The first-order valence-corrected chi connectivity index (χ1v) is 6.44. The van der Waals surface area contributed by atoms with Gasteiger partial charge in [0.1, 0.15) is 17.2 Å². The Kier molecular flexibility index (Phi) is 6.71. The number of aliphatic hydroxyl groups excluding tert-OH is 1. The van der Waals surface area contributed by atoms with Gasteiger partial charge in [-0.2, -0.15) is 5.10 Å². The zero-order valence-corrected chi connectivity index (χ0v) is 12.8. The molecular weight excluding hydrogens is 288 g/mol. The summed E-state index contributed by atoms with van der Waals surface area (Å²) in [4.78, 5) is 11.9. The number of nitrogens with two attached hydrogens (primary N) is 1. The van der Waals surface area contributed by atoms with E-state index in [9.17, 15) is 4.79 Å². The van der Waals surface area contributed by atoms with Crippen LogP contribution in [-0.2, 0) is 6.54 Å². The van der Waals surface area contributed by atoms with Gasteiger partial charge in [0, 0.05) is 25.3 Å². The van der Waals surface area contributed by atoms with Gasteiger partial charge >= 0.3 is 0 Å². The van der Waals surface area contributed by atoms with Gasteiger partial charge in [-0.15, -0.1) is 5.10 Å². The number of aromatic nitrogens is 2. The van der Waals surface area contributed by atoms with Crippen LogP contribution in [0.5, 0.6) is 11.5 Å². The van der Waals surface area contributed by atoms with E-state index >= 15 is 0 Å². The SMILES string of the molecule is CO.COc1ccc(CNC(=O)c2[nH][nH+]cc2N)c(OC)c1. The number of carbonyl (C=O) groups is 1. The maximum absolute atomic E-state index is 11.9. The minimum Gasteiger partial charge on any atom is -0.497 e. The molecule has 1 amide bonds. The summed E-state index contributed by atoms with van der Waals surface area (Å²) in [6, 6.07) is 5.40. The molecule has 0 saturated carbocycles. The number of hydrogen-bond acceptors (Lipinski definition) is 5. The predicted molar refractivity (Wildman–Crippen MR) is 80.6 cm³/mol. The van der Waals surface area contributed by atoms with Crippen molar-refractivity contribution in [1.82, 2.24) is 10.4 Å². The van der Waals surface area contributed by atoms with E-state index in [0.29, 0.717) is 29.4 Å². The van der Waals surface area contributed by atoms with Gasteiger partial charge in [-0.25, -0.2) is 0 Å². The summed E-state index contributed by atoms with van der Waals surface area (Å²) in [6.45, 7) is 0.324. The Morgan fingerprint density at radius 3 is 2.64 bits per heavy atom. The number of anilines is 1. The molecule has 8 nitrogen and oxygen atoms in total. The summed E-state index contributed by atoms with van der Waals surface area (Å²) >= 11 is 0. The van der Waals surface area contributed by atoms with Crippen LogP contribution in [0.25, 0.3) is 0 Å². The molecule has 120 valence electrons. The molecular formula is C14H21N4O4+. The molecule has 0 atom stereocenters. The number of aromatic amines is 2. The Hall–Kier alpha value is -2.74. The monoisotopic (exact) mass is 309 g/mol. The average Bonchev–Trinajstić information content (AvgIpc) is 3.00. The summed E-state index contributed by atoms with van der Waals surface area (Å²) < 4.78 is 10.4. The van der Waals surface area contributed by atoms with E-state index < -0.39 is 0 Å². The maximum atomic E-state index is 11.9. The number of rotatable bonds is 5. The first-order chi connectivity index (χ1) is 10.7. The van der Waals surface area contributed by atoms with Crippen LogP contribution in [0.4, 0.5) is 5.69 Å². The molecule has 0 bridgehead atoms. The van der Waals surface area contributed by atoms with Crippen molar-refractivity contribution in [3.05, 3.63) is 35.7 Å². The first kappa shape index (κ1) is 17.3. The van der Waals surface area contributed by atoms with E-state index in [4.69, 9.17) is 20.3 Å². The van der Waals surface area contributed by atoms with Gasteiger partial charge < -0.3 is 25.6 Å². The lowest BCUT2D eigenvalue weighted by atomic mass is 10.2. The summed E-state index contributed by atoms with van der Waals surface area (Å²) in [7, 11) is 4.15. The van der Waals surface area contributed by atoms with E-state index in [0.717, 1.165) is 12.7 Å². The quantitative estimate of drug-likeness (QED) is 0.617. The minimum absolute atomic E-state index is 0.290. The van der Waals surface area contributed by atoms with E-state index in [1.807, 2.05) is 6.07 Å². The molecule has 0 radical (unpaired) electrons. The Morgan fingerprint density at radius 1 is 1.36 bits per heavy atom. The Bertz CT molecular complexity index is 613. The number of nitrogen functional groups attached to an aromatic ring is 1. The molecule has 1 aromatic heterocycles. The second kappa shape index (κ2) is 8.53. The third kappa shape index (κ3) is 4.13. The van der Waals surface area contributed by atoms with Crippen LogP contribution < -0.4 is 25.6 Å². The summed E-state index contributed by atoms with van der Waals surface area (Å²) in [5.74, 6) is 1.05. The Balaban J connectivity index is 0.00000116. The number of carbonyl (C=O) groups excluding carboxylic acids is 1. The third-order valence-corrected chi connectivity index (χ3v) is 2.87. The molecule has 0 unspecified atom stereocenters. The summed E-state index contributed by atoms with van der Waals surface area (Å²) in [5, 5.41) is 15.1. The van der Waals surface area contributed by atoms with Gasteiger partial charge in [0.05, 0.1) is 14.2 Å². The predicted octanol–water partition coefficient (Wildman–Crippen LogP) is -0.0333. The molecule has 0 fully saturated rings. The minimum atomic E-state index is -0.290. The molecule has 8 heteroatoms. The highest BCUT2D eigenvalue weighted by molar-refractivity contribution is 5.96. The molecule has 6 N–H and O–H groups in total. The van der Waals surface area contributed by atoms with Crippen LogP contribution in [0.3, 0.4) is 0 Å². The number of nitrogens with one attached hydrogen (secondary N) is 3. The van der Waals surface area contributed by atoms with Gasteiger partial charge in [0.15, 0.2) is 5.69 Å². The maximum Gasteiger partial charge on any atom is 0.275 e. The molecule has 22 heavy (non-hydrogen) atoms. The second-order valence-electron chi connectivity index (χ2n) is 4.10. The zero-order chi connectivity index (χ0) is 16.5. The van der Waals surface area contributed by atoms with Crippen molar-refractivity contribution in [3.63, 3.8) is 0 Å². The fourth-order valence-electron chi connectivity index (χ4n) is 1.78. The highest BCUT2D eigenvalue weighted by Gasteiger charge is 2.15. The molecule has 1 aromatic carbocycles. The largest absolute Gasteiger partial charge is 0.497 e. The van der Waals surface area contributed by atoms with Crippen molar-refractivity contribution in [3.8, 4) is 11.5 Å². The van der Waals surface area contributed by atoms with E-state index in [1.54, 1.807) is 26.4 Å². The van der Waals surface area contributed by atoms with Gasteiger partial charge in [0.2, 0.25) is 6.20 Å². The number of methoxy groups -OCH3 is 2. The van der Waals surface area contributed by atoms with Crippen LogP contribution in [-0.4, -0.2) is 37.4 Å². The fraction of sp³-hybridized carbons (Fsp3) is 0.286. The molecule has 0 aliphatic heterocycles. The van der Waals surface area contributed by atoms with E-state index in [2.05, 4.69) is 15.5 Å². The van der Waals surface area contributed by atoms with Crippen LogP contribution in [0.1, 0.15) is 16.1 Å². The van der Waals surface area contributed by atoms with Crippen molar-refractivity contribution >= 4 is 11.6 Å². The molecule has 0 aliphatic carbocycles. The third-order valence-electron chi connectivity index (χ3n) is 2.87. The topological polar surface area (TPSA) is 124 Å². The van der Waals surface area contributed by atoms with Gasteiger partial charge in [-0.1, -0.05) is 0 Å². The van der Waals surface area contributed by atoms with Gasteiger partial charge in [-0.3, -0.25) is 4.79 Å². The highest BCUT2D eigenvalue weighted by Crippen LogP contribution is 2.24. The number of aliphatic hydroxyl groups is 1. The summed E-state index contributed by atoms with van der Waals surface area (Å²) in [6.07, 6.45) is 1.52. The van der Waals surface area contributed by atoms with Crippen molar-refractivity contribution in [2.75, 3.05) is 27.1 Å². The Morgan fingerprint density at radius 2 is 2.09 bits per heavy atom. The lowest BCUT2D eigenvalue weighted by molar-refractivity contribution is -0.448. The van der Waals surface area contributed by atoms with Gasteiger partial charge in [-0.05, 0) is 12.1 Å². The first-order valence-electron chi connectivity index (χ1n) is 6.44. The number of ether oxygens (including phenoxy) is 2. The van der Waals surface area contributed by atoms with Crippen molar-refractivity contribution < 1.29 is 24.5 Å². The molecule has 0 saturated heterocycles. The molecule has 2 rings (SSSR count). The molecule has 2 aromatic rings. The molecule has 0 aliphatic rings. The van der Waals surface area contributed by atoms with E-state index in [-0.39, 0.29) is 5.91 Å². The molecule has 0 spiro atoms. The smallest absolute Gasteiger partial charge is 0.275 e. The normalized spacial score (nSPS) is 9.45. The fourth-order valence-corrected chi connectivity index (χ4v) is 1.78.